The molecule has 0 spiro atoms. The number of nitrogens with one attached hydrogen (secondary N) is 1. The van der Waals surface area contributed by atoms with Crippen molar-refractivity contribution in [2.75, 3.05) is 5.32 Å². The normalized spacial score (nSPS) is 11.9. The number of rotatable bonds is 5. The van der Waals surface area contributed by atoms with E-state index in [1.165, 1.54) is 198 Å². The Morgan fingerprint density at radius 2 is 0.629 bits per heavy atom. The molecular weight excluding hydrogens is 819 g/mol. The van der Waals surface area contributed by atoms with Gasteiger partial charge in [0, 0.05) is 22.5 Å². The molecule has 1 heterocycles. The van der Waals surface area contributed by atoms with Crippen LogP contribution in [-0.4, -0.2) is 201 Å². The van der Waals surface area contributed by atoms with E-state index in [0.29, 0.717) is 0 Å². The third kappa shape index (κ3) is 6.81. The van der Waals surface area contributed by atoms with Crippen LogP contribution in [0.1, 0.15) is 11.1 Å². The fourth-order valence-corrected chi connectivity index (χ4v) is 13.6. The Hall–Kier alpha value is -4.31. The Morgan fingerprint density at radius 3 is 1.11 bits per heavy atom. The van der Waals surface area contributed by atoms with Crippen molar-refractivity contribution in [1.29, 1.82) is 0 Å². The second-order valence-electron chi connectivity index (χ2n) is 22.2. The lowest BCUT2D eigenvalue weighted by molar-refractivity contribution is 0.623. The molecule has 28 heteroatoms. The maximum absolute atomic E-state index is 6.93. The van der Waals surface area contributed by atoms with E-state index in [0.717, 1.165) is 34.4 Å². The summed E-state index contributed by atoms with van der Waals surface area (Å²) in [5.41, 5.74) is 49.8. The third-order valence-corrected chi connectivity index (χ3v) is 19.5. The summed E-state index contributed by atoms with van der Waals surface area (Å²) < 4.78 is 6.93. The van der Waals surface area contributed by atoms with E-state index in [4.69, 9.17) is 9.40 Å². The molecule has 0 saturated carbocycles. The predicted octanol–water partition coefficient (Wildman–Crippen LogP) is -32.2. The van der Waals surface area contributed by atoms with Crippen molar-refractivity contribution in [2.45, 2.75) is 6.42 Å². The molecule has 1 aliphatic rings. The molecule has 0 radical (unpaired) electrons. The van der Waals surface area contributed by atoms with Gasteiger partial charge >= 0.3 is 0 Å². The van der Waals surface area contributed by atoms with Crippen LogP contribution in [0.4, 0.5) is 11.4 Å². The maximum Gasteiger partial charge on any atom is 0.226 e. The molecule has 0 bridgehead atoms. The SMILES string of the molecule is Bc1c(B)c(B)c(-c2nc3c(B)c(-c4c(B)c5c(c(Nc6c(B)c(B)c(-c7c(B)c(B)c(B)c(B)c7B)c(B)c6B)c4B)-c4c(c(B)c6c(B)c(B)c(B)c(B)c6c4B)C5)c(B)c(B)c3o2)c(B)c1B. The minimum Gasteiger partial charge on any atom is -0.437 e. The van der Waals surface area contributed by atoms with Gasteiger partial charge in [-0.2, -0.15) is 0 Å². The highest BCUT2D eigenvalue weighted by Gasteiger charge is 2.34. The average Bonchev–Trinajstić information content (AvgIpc) is 3.96. The van der Waals surface area contributed by atoms with Gasteiger partial charge in [-0.1, -0.05) is 92.9 Å². The molecule has 312 valence electrons. The average molecular weight is 872 g/mol. The Kier molecular flexibility index (Phi) is 12.6. The third-order valence-electron chi connectivity index (χ3n) is 19.5. The molecule has 7 aromatic carbocycles. The molecule has 8 aromatic rings. The van der Waals surface area contributed by atoms with Gasteiger partial charge in [0.1, 0.15) is 207 Å². The lowest BCUT2D eigenvalue weighted by Crippen LogP contribution is -2.57. The zero-order chi connectivity index (χ0) is 51.5. The molecule has 0 atom stereocenters. The van der Waals surface area contributed by atoms with E-state index in [2.05, 4.69) is 201 Å². The number of fused-ring (bicyclic) bond motifs is 5. The van der Waals surface area contributed by atoms with Crippen molar-refractivity contribution in [3.63, 3.8) is 0 Å². The molecule has 9 rings (SSSR count). The van der Waals surface area contributed by atoms with Gasteiger partial charge in [-0.15, -0.1) is 43.7 Å². The number of oxazole rings is 1. The van der Waals surface area contributed by atoms with Crippen LogP contribution in [0, 0.1) is 0 Å². The highest BCUT2D eigenvalue weighted by Crippen LogP contribution is 2.41. The van der Waals surface area contributed by atoms with Gasteiger partial charge in [0.15, 0.2) is 0 Å². The van der Waals surface area contributed by atoms with Gasteiger partial charge in [-0.25, -0.2) is 4.98 Å². The van der Waals surface area contributed by atoms with Gasteiger partial charge in [-0.05, 0) is 56.1 Å². The number of hydrogen-bond donors (Lipinski definition) is 1. The van der Waals surface area contributed by atoms with Crippen LogP contribution in [0.5, 0.6) is 0 Å². The lowest BCUT2D eigenvalue weighted by atomic mass is 9.56. The van der Waals surface area contributed by atoms with Crippen molar-refractivity contribution < 1.29 is 4.42 Å². The summed E-state index contributed by atoms with van der Waals surface area (Å²) in [4.78, 5) is 5.46. The van der Waals surface area contributed by atoms with E-state index in [9.17, 15) is 0 Å². The van der Waals surface area contributed by atoms with Crippen LogP contribution in [0.15, 0.2) is 4.42 Å². The minimum absolute atomic E-state index is 0.717. The summed E-state index contributed by atoms with van der Waals surface area (Å²) >= 11 is 0. The summed E-state index contributed by atoms with van der Waals surface area (Å²) in [6, 6.07) is 0. The summed E-state index contributed by atoms with van der Waals surface area (Å²) in [5, 5.41) is 7.22. The Labute approximate surface area is 440 Å². The molecule has 0 amide bonds. The van der Waals surface area contributed by atoms with Gasteiger partial charge in [0.25, 0.3) is 0 Å². The highest BCUT2D eigenvalue weighted by molar-refractivity contribution is 6.74. The molecular formula is C42H53B25N2O. The van der Waals surface area contributed by atoms with Crippen LogP contribution < -0.4 is 142 Å². The monoisotopic (exact) mass is 877 g/mol. The molecule has 1 aromatic heterocycles. The molecule has 1 aliphatic carbocycles. The Balaban J connectivity index is 1.38. The molecule has 0 aliphatic heterocycles. The quantitative estimate of drug-likeness (QED) is 0.175. The molecule has 0 saturated heterocycles. The molecule has 3 nitrogen and oxygen atoms in total. The van der Waals surface area contributed by atoms with Gasteiger partial charge in [-0.3, -0.25) is 0 Å². The Morgan fingerprint density at radius 1 is 0.271 bits per heavy atom. The second-order valence-corrected chi connectivity index (χ2v) is 22.2. The molecule has 70 heavy (non-hydrogen) atoms. The van der Waals surface area contributed by atoms with Gasteiger partial charge in [0.05, 0.1) is 0 Å². The number of anilines is 2. The summed E-state index contributed by atoms with van der Waals surface area (Å²) in [5.74, 6) is 0.717. The van der Waals surface area contributed by atoms with E-state index >= 15 is 0 Å². The smallest absolute Gasteiger partial charge is 0.226 e. The number of aromatic nitrogens is 1. The van der Waals surface area contributed by atoms with Crippen LogP contribution in [0.2, 0.25) is 0 Å². The largest absolute Gasteiger partial charge is 0.437 e. The first-order valence-electron chi connectivity index (χ1n) is 25.8. The van der Waals surface area contributed by atoms with Crippen LogP contribution in [0.25, 0.3) is 66.7 Å². The minimum atomic E-state index is 0.717. The summed E-state index contributed by atoms with van der Waals surface area (Å²) in [6.07, 6.45) is 0.893. The standard InChI is InChI=1S/C42H53B25N2O/c43-13-2-1-3-5(4(2)15(45)8-6(13)16(46)27(57)28(58)17(8)47)38(68-39-35(65)20(50)10(21(51)36(39)66)9-18(48)29(59)33(63)30(60)19(9)49)25(55)7(14(3)44)11-22(52)37(67)41-40(26(11)56)69-42(70-41)12-23(53)31(61)34(64)32(62)24(12)54/h68H,1,43-67H2. The van der Waals surface area contributed by atoms with Crippen molar-refractivity contribution >= 4 is 366 Å². The van der Waals surface area contributed by atoms with Crippen molar-refractivity contribution in [3.8, 4) is 44.8 Å². The van der Waals surface area contributed by atoms with Crippen LogP contribution in [-0.2, 0) is 6.42 Å². The van der Waals surface area contributed by atoms with Crippen molar-refractivity contribution in [1.82, 2.24) is 4.98 Å². The Bertz CT molecular complexity index is 3700. The van der Waals surface area contributed by atoms with Gasteiger partial charge in [0.2, 0.25) is 5.89 Å². The summed E-state index contributed by atoms with van der Waals surface area (Å²) in [6.45, 7) is 0. The number of benzene rings is 7. The first kappa shape index (κ1) is 50.6. The fourth-order valence-electron chi connectivity index (χ4n) is 13.6. The number of nitrogens with zero attached hydrogens (tertiary/aromatic N) is 1. The van der Waals surface area contributed by atoms with E-state index in [1.807, 2.05) is 0 Å². The molecule has 0 unspecified atom stereocenters. The van der Waals surface area contributed by atoms with Crippen LogP contribution in [0.3, 0.4) is 0 Å². The predicted molar refractivity (Wildman–Crippen MR) is 390 cm³/mol. The zero-order valence-corrected chi connectivity index (χ0v) is 47.6. The van der Waals surface area contributed by atoms with E-state index < -0.39 is 0 Å². The van der Waals surface area contributed by atoms with E-state index in [1.54, 1.807) is 0 Å². The maximum atomic E-state index is 6.93. The van der Waals surface area contributed by atoms with Crippen LogP contribution >= 0.6 is 0 Å². The summed E-state index contributed by atoms with van der Waals surface area (Å²) in [7, 11) is 57.8. The highest BCUT2D eigenvalue weighted by atomic mass is 16.3. The van der Waals surface area contributed by atoms with Crippen molar-refractivity contribution in [2.24, 2.45) is 0 Å². The van der Waals surface area contributed by atoms with Crippen molar-refractivity contribution in [3.05, 3.63) is 11.1 Å². The van der Waals surface area contributed by atoms with Gasteiger partial charge < -0.3 is 9.73 Å². The lowest BCUT2D eigenvalue weighted by Gasteiger charge is -2.30. The molecule has 1 N–H and O–H groups in total. The first-order valence-corrected chi connectivity index (χ1v) is 25.8. The fraction of sp³-hybridized carbons (Fsp3) is 0.0238. The van der Waals surface area contributed by atoms with E-state index in [-0.39, 0.29) is 0 Å². The first-order chi connectivity index (χ1) is 32.7. The molecule has 0 fully saturated rings. The number of hydrogen-bond acceptors (Lipinski definition) is 3. The second kappa shape index (κ2) is 17.4. The zero-order valence-electron chi connectivity index (χ0n) is 47.6. The topological polar surface area (TPSA) is 38.1 Å².